The number of amides is 1. The number of hydrogen-bond donors (Lipinski definition) is 2. The van der Waals surface area contributed by atoms with Gasteiger partial charge in [0.05, 0.1) is 0 Å². The maximum absolute atomic E-state index is 12.7. The molecule has 2 N–H and O–H groups in total. The maximum Gasteiger partial charge on any atom is 0.242 e. The predicted octanol–water partition coefficient (Wildman–Crippen LogP) is 3.95. The highest BCUT2D eigenvalue weighted by Crippen LogP contribution is 2.15. The molecule has 5 nitrogen and oxygen atoms in total. The van der Waals surface area contributed by atoms with E-state index < -0.39 is 16.1 Å². The van der Waals surface area contributed by atoms with Crippen LogP contribution in [0.4, 0.5) is 5.69 Å². The van der Waals surface area contributed by atoms with Crippen molar-refractivity contribution in [1.82, 2.24) is 4.72 Å². The second kappa shape index (κ2) is 10.5. The Balaban J connectivity index is 2.12. The fraction of sp³-hybridized carbons (Fsp3) is 0.286. The Bertz CT molecular complexity index is 906. The number of sulfonamides is 1. The quantitative estimate of drug-likeness (QED) is 0.646. The summed E-state index contributed by atoms with van der Waals surface area (Å²) in [5, 5.41) is 3.93. The number of rotatable bonds is 9. The van der Waals surface area contributed by atoms with Crippen LogP contribution in [0.3, 0.4) is 0 Å². The lowest BCUT2D eigenvalue weighted by molar-refractivity contribution is -0.117. The molecule has 1 amide bonds. The van der Waals surface area contributed by atoms with E-state index in [9.17, 15) is 13.2 Å². The van der Waals surface area contributed by atoms with Gasteiger partial charge >= 0.3 is 0 Å². The molecule has 0 aliphatic carbocycles. The second-order valence-corrected chi connectivity index (χ2v) is 9.16. The van der Waals surface area contributed by atoms with Gasteiger partial charge in [0.15, 0.2) is 0 Å². The number of hydrogen-bond acceptors (Lipinski definition) is 4. The van der Waals surface area contributed by atoms with Crippen LogP contribution in [0.1, 0.15) is 23.1 Å². The van der Waals surface area contributed by atoms with E-state index in [2.05, 4.69) is 10.0 Å². The van der Waals surface area contributed by atoms with E-state index in [4.69, 9.17) is 0 Å². The Kier molecular flexibility index (Phi) is 8.29. The smallest absolute Gasteiger partial charge is 0.242 e. The molecule has 1 unspecified atom stereocenters. The van der Waals surface area contributed by atoms with Crippen molar-refractivity contribution in [3.05, 3.63) is 70.6 Å². The summed E-state index contributed by atoms with van der Waals surface area (Å²) in [6, 6.07) is 14.0. The maximum atomic E-state index is 12.7. The molecule has 2 aromatic carbocycles. The van der Waals surface area contributed by atoms with Crippen molar-refractivity contribution in [3.63, 3.8) is 0 Å². The van der Waals surface area contributed by atoms with Crippen LogP contribution >= 0.6 is 11.8 Å². The summed E-state index contributed by atoms with van der Waals surface area (Å²) in [7, 11) is -3.76. The van der Waals surface area contributed by atoms with Crippen molar-refractivity contribution in [2.24, 2.45) is 0 Å². The fourth-order valence-corrected chi connectivity index (χ4v) is 4.23. The third-order valence-corrected chi connectivity index (χ3v) is 5.71. The minimum Gasteiger partial charge on any atom is -0.325 e. The van der Waals surface area contributed by atoms with Crippen LogP contribution in [0.5, 0.6) is 0 Å². The van der Waals surface area contributed by atoms with Crippen molar-refractivity contribution in [1.29, 1.82) is 0 Å². The van der Waals surface area contributed by atoms with Gasteiger partial charge in [-0.2, -0.15) is 16.5 Å². The van der Waals surface area contributed by atoms with Gasteiger partial charge in [-0.05, 0) is 67.2 Å². The summed E-state index contributed by atoms with van der Waals surface area (Å²) < 4.78 is 27.4. The first kappa shape index (κ1) is 22.2. The number of nitrogens with one attached hydrogen (secondary N) is 2. The average Bonchev–Trinajstić information content (AvgIpc) is 2.63. The van der Waals surface area contributed by atoms with Crippen LogP contribution in [-0.4, -0.2) is 32.4 Å². The minimum atomic E-state index is -3.76. The number of carbonyl (C=O) groups is 1. The third kappa shape index (κ3) is 7.50. The number of benzene rings is 2. The summed E-state index contributed by atoms with van der Waals surface area (Å²) in [5.74, 6) is 0.297. The van der Waals surface area contributed by atoms with E-state index in [1.54, 1.807) is 11.8 Å². The molecule has 28 heavy (non-hydrogen) atoms. The zero-order chi connectivity index (χ0) is 20.6. The predicted molar refractivity (Wildman–Crippen MR) is 119 cm³/mol. The molecule has 1 atom stereocenters. The summed E-state index contributed by atoms with van der Waals surface area (Å²) in [4.78, 5) is 12.7. The van der Waals surface area contributed by atoms with Crippen LogP contribution in [0.25, 0.3) is 6.08 Å². The van der Waals surface area contributed by atoms with E-state index in [1.165, 1.54) is 6.08 Å². The van der Waals surface area contributed by atoms with E-state index in [1.807, 2.05) is 68.6 Å². The molecule has 0 bridgehead atoms. The van der Waals surface area contributed by atoms with Gasteiger partial charge < -0.3 is 5.32 Å². The monoisotopic (exact) mass is 418 g/mol. The molecular weight excluding hydrogens is 392 g/mol. The van der Waals surface area contributed by atoms with Crippen LogP contribution in [0.15, 0.2) is 53.9 Å². The standard InChI is InChI=1S/C21H26N2O3S2/c1-16-13-17(2)15-19(14-16)22-21(24)20(9-11-27-3)23-28(25,26)12-10-18-7-5-4-6-8-18/h4-8,10,12-15,20,23H,9,11H2,1-3H3,(H,22,24)/b12-10+. The molecule has 0 aliphatic rings. The van der Waals surface area contributed by atoms with Gasteiger partial charge in [0.2, 0.25) is 15.9 Å². The molecule has 0 aromatic heterocycles. The van der Waals surface area contributed by atoms with E-state index in [0.29, 0.717) is 17.9 Å². The summed E-state index contributed by atoms with van der Waals surface area (Å²) in [6.45, 7) is 3.90. The van der Waals surface area contributed by atoms with Crippen LogP contribution in [0, 0.1) is 13.8 Å². The fourth-order valence-electron chi connectivity index (χ4n) is 2.73. The van der Waals surface area contributed by atoms with Crippen LogP contribution in [0.2, 0.25) is 0 Å². The molecule has 7 heteroatoms. The molecule has 0 aliphatic heterocycles. The average molecular weight is 419 g/mol. The van der Waals surface area contributed by atoms with Gasteiger partial charge in [-0.15, -0.1) is 0 Å². The Morgan fingerprint density at radius 2 is 1.75 bits per heavy atom. The minimum absolute atomic E-state index is 0.365. The van der Waals surface area contributed by atoms with Gasteiger partial charge in [-0.3, -0.25) is 4.79 Å². The normalized spacial score (nSPS) is 12.8. The highest BCUT2D eigenvalue weighted by molar-refractivity contribution is 7.98. The first-order chi connectivity index (χ1) is 13.3. The van der Waals surface area contributed by atoms with E-state index in [-0.39, 0.29) is 5.91 Å². The van der Waals surface area contributed by atoms with Gasteiger partial charge in [-0.1, -0.05) is 36.4 Å². The molecule has 0 radical (unpaired) electrons. The van der Waals surface area contributed by atoms with Gasteiger partial charge in [0, 0.05) is 11.1 Å². The largest absolute Gasteiger partial charge is 0.325 e. The lowest BCUT2D eigenvalue weighted by atomic mass is 10.1. The Morgan fingerprint density at radius 1 is 1.11 bits per heavy atom. The SMILES string of the molecule is CSCCC(NS(=O)(=O)/C=C/c1ccccc1)C(=O)Nc1cc(C)cc(C)c1. The summed E-state index contributed by atoms with van der Waals surface area (Å²) in [5.41, 5.74) is 3.49. The highest BCUT2D eigenvalue weighted by atomic mass is 32.2. The molecule has 0 saturated heterocycles. The van der Waals surface area contributed by atoms with Crippen molar-refractivity contribution >= 4 is 39.5 Å². The van der Waals surface area contributed by atoms with Gasteiger partial charge in [0.1, 0.15) is 6.04 Å². The van der Waals surface area contributed by atoms with Crippen molar-refractivity contribution in [2.75, 3.05) is 17.3 Å². The Hall–Kier alpha value is -2.09. The first-order valence-electron chi connectivity index (χ1n) is 8.92. The van der Waals surface area contributed by atoms with Crippen LogP contribution < -0.4 is 10.0 Å². The van der Waals surface area contributed by atoms with E-state index in [0.717, 1.165) is 22.1 Å². The lowest BCUT2D eigenvalue weighted by Gasteiger charge is -2.17. The van der Waals surface area contributed by atoms with Crippen molar-refractivity contribution in [3.8, 4) is 0 Å². The molecule has 150 valence electrons. The lowest BCUT2D eigenvalue weighted by Crippen LogP contribution is -2.43. The Morgan fingerprint density at radius 3 is 2.36 bits per heavy atom. The number of carbonyl (C=O) groups excluding carboxylic acids is 1. The van der Waals surface area contributed by atoms with Crippen molar-refractivity contribution < 1.29 is 13.2 Å². The molecule has 2 rings (SSSR count). The number of aryl methyl sites for hydroxylation is 2. The number of thioether (sulfide) groups is 1. The van der Waals surface area contributed by atoms with Gasteiger partial charge in [-0.25, -0.2) is 8.42 Å². The number of anilines is 1. The summed E-state index contributed by atoms with van der Waals surface area (Å²) in [6.07, 6.45) is 3.83. The topological polar surface area (TPSA) is 75.3 Å². The summed E-state index contributed by atoms with van der Waals surface area (Å²) >= 11 is 1.56. The van der Waals surface area contributed by atoms with Gasteiger partial charge in [0.25, 0.3) is 0 Å². The molecule has 0 fully saturated rings. The Labute approximate surface area is 171 Å². The zero-order valence-corrected chi connectivity index (χ0v) is 17.9. The molecule has 2 aromatic rings. The molecular formula is C21H26N2O3S2. The molecule has 0 heterocycles. The molecule has 0 spiro atoms. The van der Waals surface area contributed by atoms with Crippen molar-refractivity contribution in [2.45, 2.75) is 26.3 Å². The third-order valence-electron chi connectivity index (χ3n) is 3.96. The molecule has 0 saturated carbocycles. The van der Waals surface area contributed by atoms with E-state index >= 15 is 0 Å². The second-order valence-electron chi connectivity index (χ2n) is 6.58. The van der Waals surface area contributed by atoms with Crippen LogP contribution in [-0.2, 0) is 14.8 Å². The highest BCUT2D eigenvalue weighted by Gasteiger charge is 2.23. The zero-order valence-electron chi connectivity index (χ0n) is 16.3. The first-order valence-corrected chi connectivity index (χ1v) is 11.9.